The molecule has 1 saturated heterocycles. The number of ether oxygens (including phenoxy) is 1. The normalized spacial score (nSPS) is 21.7. The molecule has 2 rings (SSSR count). The number of amides is 5. The molecule has 2 atom stereocenters. The first-order valence-corrected chi connectivity index (χ1v) is 8.86. The third kappa shape index (κ3) is 5.63. The zero-order chi connectivity index (χ0) is 20.2. The van der Waals surface area contributed by atoms with Crippen molar-refractivity contribution >= 4 is 29.7 Å². The summed E-state index contributed by atoms with van der Waals surface area (Å²) in [6.07, 6.45) is 4.64. The van der Waals surface area contributed by atoms with Crippen molar-refractivity contribution in [3.8, 4) is 0 Å². The van der Waals surface area contributed by atoms with Crippen molar-refractivity contribution in [2.24, 2.45) is 11.8 Å². The highest BCUT2D eigenvalue weighted by Gasteiger charge is 2.46. The summed E-state index contributed by atoms with van der Waals surface area (Å²) in [6, 6.07) is -0.687. The summed E-state index contributed by atoms with van der Waals surface area (Å²) in [6.45, 7) is 4.57. The Morgan fingerprint density at radius 2 is 1.67 bits per heavy atom. The summed E-state index contributed by atoms with van der Waals surface area (Å²) in [5.41, 5.74) is -0.511. The number of allylic oxidation sites excluding steroid dienone is 2. The predicted octanol–water partition coefficient (Wildman–Crippen LogP) is 0.495. The van der Waals surface area contributed by atoms with Crippen molar-refractivity contribution in [1.29, 1.82) is 0 Å². The fourth-order valence-corrected chi connectivity index (χ4v) is 3.05. The third-order valence-electron chi connectivity index (χ3n) is 4.24. The Balaban J connectivity index is 1.72. The van der Waals surface area contributed by atoms with E-state index < -0.39 is 30.1 Å². The van der Waals surface area contributed by atoms with Gasteiger partial charge in [0.15, 0.2) is 6.61 Å². The molecule has 2 N–H and O–H groups in total. The molecule has 1 aliphatic carbocycles. The number of rotatable bonds is 5. The van der Waals surface area contributed by atoms with E-state index in [2.05, 4.69) is 5.32 Å². The van der Waals surface area contributed by atoms with Gasteiger partial charge in [-0.1, -0.05) is 12.2 Å². The molecule has 1 aliphatic heterocycles. The van der Waals surface area contributed by atoms with Gasteiger partial charge in [0.05, 0.1) is 18.3 Å². The van der Waals surface area contributed by atoms with Crippen molar-refractivity contribution in [2.45, 2.75) is 45.6 Å². The van der Waals surface area contributed by atoms with Gasteiger partial charge in [-0.25, -0.2) is 4.79 Å². The molecule has 27 heavy (non-hydrogen) atoms. The number of urea groups is 1. The Labute approximate surface area is 157 Å². The number of fused-ring (bicyclic) bond motifs is 1. The SMILES string of the molecule is CC(C)(C)NC(=O)NC(=O)COC(=O)CCN1C(=O)[C@H]2CC=CC[C@H]2C1=O. The van der Waals surface area contributed by atoms with Gasteiger partial charge in [-0.3, -0.25) is 29.4 Å². The Morgan fingerprint density at radius 1 is 1.11 bits per heavy atom. The fourth-order valence-electron chi connectivity index (χ4n) is 3.05. The molecule has 0 aromatic rings. The second kappa shape index (κ2) is 8.32. The van der Waals surface area contributed by atoms with Crippen LogP contribution >= 0.6 is 0 Å². The van der Waals surface area contributed by atoms with E-state index in [9.17, 15) is 24.0 Å². The highest BCUT2D eigenvalue weighted by Crippen LogP contribution is 2.34. The molecule has 0 bridgehead atoms. The van der Waals surface area contributed by atoms with Crippen LogP contribution in [0.15, 0.2) is 12.2 Å². The smallest absolute Gasteiger partial charge is 0.321 e. The minimum absolute atomic E-state index is 0.0738. The van der Waals surface area contributed by atoms with Crippen molar-refractivity contribution in [3.05, 3.63) is 12.2 Å². The van der Waals surface area contributed by atoms with Gasteiger partial charge < -0.3 is 10.1 Å². The number of nitrogens with zero attached hydrogens (tertiary/aromatic N) is 1. The molecule has 148 valence electrons. The van der Waals surface area contributed by atoms with Crippen LogP contribution in [0.4, 0.5) is 4.79 Å². The molecule has 5 amide bonds. The topological polar surface area (TPSA) is 122 Å². The first kappa shape index (κ1) is 20.6. The second-order valence-electron chi connectivity index (χ2n) is 7.65. The van der Waals surface area contributed by atoms with E-state index in [0.29, 0.717) is 12.8 Å². The average Bonchev–Trinajstić information content (AvgIpc) is 2.81. The molecule has 1 fully saturated rings. The van der Waals surface area contributed by atoms with Crippen molar-refractivity contribution in [1.82, 2.24) is 15.5 Å². The number of carbonyl (C=O) groups is 5. The monoisotopic (exact) mass is 379 g/mol. The van der Waals surface area contributed by atoms with Gasteiger partial charge in [-0.05, 0) is 33.6 Å². The summed E-state index contributed by atoms with van der Waals surface area (Å²) in [5.74, 6) is -2.71. The first-order valence-electron chi connectivity index (χ1n) is 8.86. The van der Waals surface area contributed by atoms with E-state index >= 15 is 0 Å². The molecule has 0 spiro atoms. The standard InChI is InChI=1S/C18H25N3O6/c1-18(2,3)20-17(26)19-13(22)10-27-14(23)8-9-21-15(24)11-6-4-5-7-12(11)16(21)25/h4-5,11-12H,6-10H2,1-3H3,(H2,19,20,22,26)/t11-,12+. The van der Waals surface area contributed by atoms with Crippen LogP contribution in [-0.4, -0.2) is 53.3 Å². The summed E-state index contributed by atoms with van der Waals surface area (Å²) >= 11 is 0. The fraction of sp³-hybridized carbons (Fsp3) is 0.611. The zero-order valence-electron chi connectivity index (χ0n) is 15.7. The number of likely N-dealkylation sites (tertiary alicyclic amines) is 1. The molecule has 0 unspecified atom stereocenters. The minimum atomic E-state index is -0.768. The molecule has 2 aliphatic rings. The summed E-state index contributed by atoms with van der Waals surface area (Å²) in [4.78, 5) is 60.6. The van der Waals surface area contributed by atoms with Crippen molar-refractivity contribution < 1.29 is 28.7 Å². The van der Waals surface area contributed by atoms with Crippen LogP contribution in [0.1, 0.15) is 40.0 Å². The van der Waals surface area contributed by atoms with Crippen LogP contribution < -0.4 is 10.6 Å². The number of carbonyl (C=O) groups excluding carboxylic acids is 5. The van der Waals surface area contributed by atoms with Gasteiger partial charge in [0.1, 0.15) is 0 Å². The lowest BCUT2D eigenvalue weighted by atomic mass is 9.85. The maximum absolute atomic E-state index is 12.3. The van der Waals surface area contributed by atoms with Gasteiger partial charge in [-0.2, -0.15) is 0 Å². The summed E-state index contributed by atoms with van der Waals surface area (Å²) in [5, 5.41) is 4.58. The molecule has 9 nitrogen and oxygen atoms in total. The average molecular weight is 379 g/mol. The van der Waals surface area contributed by atoms with Crippen LogP contribution in [0.3, 0.4) is 0 Å². The van der Waals surface area contributed by atoms with Crippen molar-refractivity contribution in [2.75, 3.05) is 13.2 Å². The zero-order valence-corrected chi connectivity index (χ0v) is 15.7. The highest BCUT2D eigenvalue weighted by molar-refractivity contribution is 6.05. The molecular weight excluding hydrogens is 354 g/mol. The van der Waals surface area contributed by atoms with Gasteiger partial charge in [-0.15, -0.1) is 0 Å². The lowest BCUT2D eigenvalue weighted by Crippen LogP contribution is -2.49. The van der Waals surface area contributed by atoms with Crippen LogP contribution in [0.25, 0.3) is 0 Å². The van der Waals surface area contributed by atoms with Crippen LogP contribution in [0, 0.1) is 11.8 Å². The summed E-state index contributed by atoms with van der Waals surface area (Å²) in [7, 11) is 0. The molecule has 0 saturated carbocycles. The van der Waals surface area contributed by atoms with E-state index in [-0.39, 0.29) is 36.6 Å². The minimum Gasteiger partial charge on any atom is -0.456 e. The van der Waals surface area contributed by atoms with E-state index in [1.165, 1.54) is 0 Å². The Hall–Kier alpha value is -2.71. The molecule has 0 aromatic heterocycles. The molecule has 0 aromatic carbocycles. The largest absolute Gasteiger partial charge is 0.456 e. The van der Waals surface area contributed by atoms with E-state index in [4.69, 9.17) is 4.74 Å². The Kier molecular flexibility index (Phi) is 6.35. The lowest BCUT2D eigenvalue weighted by molar-refractivity contribution is -0.149. The lowest BCUT2D eigenvalue weighted by Gasteiger charge is -2.20. The molecule has 9 heteroatoms. The second-order valence-corrected chi connectivity index (χ2v) is 7.65. The van der Waals surface area contributed by atoms with Gasteiger partial charge >= 0.3 is 12.0 Å². The number of nitrogens with one attached hydrogen (secondary N) is 2. The van der Waals surface area contributed by atoms with E-state index in [1.54, 1.807) is 20.8 Å². The van der Waals surface area contributed by atoms with Gasteiger partial charge in [0, 0.05) is 12.1 Å². The Morgan fingerprint density at radius 3 is 2.19 bits per heavy atom. The number of hydrogen-bond acceptors (Lipinski definition) is 6. The van der Waals surface area contributed by atoms with Gasteiger partial charge in [0.25, 0.3) is 5.91 Å². The van der Waals surface area contributed by atoms with Crippen LogP contribution in [-0.2, 0) is 23.9 Å². The molecule has 0 radical (unpaired) electrons. The maximum atomic E-state index is 12.3. The third-order valence-corrected chi connectivity index (χ3v) is 4.24. The molecule has 1 heterocycles. The molecular formula is C18H25N3O6. The van der Waals surface area contributed by atoms with Crippen LogP contribution in [0.2, 0.25) is 0 Å². The van der Waals surface area contributed by atoms with Gasteiger partial charge in [0.2, 0.25) is 11.8 Å². The van der Waals surface area contributed by atoms with E-state index in [0.717, 1.165) is 4.90 Å². The van der Waals surface area contributed by atoms with Crippen LogP contribution in [0.5, 0.6) is 0 Å². The number of imide groups is 2. The van der Waals surface area contributed by atoms with E-state index in [1.807, 2.05) is 17.5 Å². The highest BCUT2D eigenvalue weighted by atomic mass is 16.5. The quantitative estimate of drug-likeness (QED) is 0.407. The Bertz CT molecular complexity index is 653. The number of hydrogen-bond donors (Lipinski definition) is 2. The van der Waals surface area contributed by atoms with Crippen molar-refractivity contribution in [3.63, 3.8) is 0 Å². The summed E-state index contributed by atoms with van der Waals surface area (Å²) < 4.78 is 4.79. The predicted molar refractivity (Wildman–Crippen MR) is 94.1 cm³/mol. The maximum Gasteiger partial charge on any atom is 0.321 e. The number of esters is 1. The first-order chi connectivity index (χ1) is 12.6.